The fraction of sp³-hybridized carbons (Fsp3) is 0.375. The normalized spacial score (nSPS) is 16.0. The van der Waals surface area contributed by atoms with Crippen LogP contribution in [0, 0.1) is 5.92 Å². The molecule has 4 nitrogen and oxygen atoms in total. The maximum Gasteiger partial charge on any atom is 0.226 e. The molecule has 2 heterocycles. The summed E-state index contributed by atoms with van der Waals surface area (Å²) < 4.78 is 0. The van der Waals surface area contributed by atoms with Crippen molar-refractivity contribution < 1.29 is 4.79 Å². The molecule has 0 saturated carbocycles. The van der Waals surface area contributed by atoms with Crippen molar-refractivity contribution in [2.24, 2.45) is 5.92 Å². The molecule has 3 aromatic rings. The van der Waals surface area contributed by atoms with Gasteiger partial charge in [0.25, 0.3) is 0 Å². The minimum atomic E-state index is -0.00369. The molecule has 1 aliphatic heterocycles. The zero-order chi connectivity index (χ0) is 19.5. The first-order valence-electron chi connectivity index (χ1n) is 10.3. The maximum absolute atomic E-state index is 12.0. The highest BCUT2D eigenvalue weighted by Gasteiger charge is 2.21. The van der Waals surface area contributed by atoms with Crippen LogP contribution in [0.15, 0.2) is 54.7 Å². The van der Waals surface area contributed by atoms with Gasteiger partial charge in [0, 0.05) is 29.9 Å². The Hall–Kier alpha value is -2.59. The van der Waals surface area contributed by atoms with E-state index < -0.39 is 0 Å². The molecule has 1 fully saturated rings. The molecule has 0 radical (unpaired) electrons. The second kappa shape index (κ2) is 8.19. The van der Waals surface area contributed by atoms with E-state index in [-0.39, 0.29) is 11.8 Å². The third-order valence-corrected chi connectivity index (χ3v) is 5.81. The molecule has 0 atom stereocenters. The molecule has 0 bridgehead atoms. The molecule has 1 saturated heterocycles. The van der Waals surface area contributed by atoms with Crippen LogP contribution in [0.5, 0.6) is 0 Å². The van der Waals surface area contributed by atoms with Crippen LogP contribution < -0.4 is 5.32 Å². The number of nitrogens with one attached hydrogen (secondary N) is 2. The number of likely N-dealkylation sites (tertiary alicyclic amines) is 1. The van der Waals surface area contributed by atoms with Crippen LogP contribution in [0.1, 0.15) is 43.7 Å². The lowest BCUT2D eigenvalue weighted by Crippen LogP contribution is -2.32. The van der Waals surface area contributed by atoms with Crippen LogP contribution in [0.3, 0.4) is 0 Å². The van der Waals surface area contributed by atoms with Crippen molar-refractivity contribution in [3.8, 4) is 0 Å². The topological polar surface area (TPSA) is 48.1 Å². The van der Waals surface area contributed by atoms with Crippen LogP contribution in [0.25, 0.3) is 10.9 Å². The lowest BCUT2D eigenvalue weighted by atomic mass is 9.89. The molecule has 0 spiro atoms. The molecule has 4 rings (SSSR count). The number of anilines is 1. The highest BCUT2D eigenvalue weighted by atomic mass is 16.1. The molecule has 1 aromatic heterocycles. The van der Waals surface area contributed by atoms with Gasteiger partial charge in [-0.25, -0.2) is 0 Å². The Bertz CT molecular complexity index is 951. The molecule has 1 amide bonds. The Morgan fingerprint density at radius 2 is 1.93 bits per heavy atom. The van der Waals surface area contributed by atoms with Gasteiger partial charge in [-0.15, -0.1) is 0 Å². The van der Waals surface area contributed by atoms with E-state index in [0.717, 1.165) is 38.2 Å². The highest BCUT2D eigenvalue weighted by Crippen LogP contribution is 2.30. The first kappa shape index (κ1) is 18.8. The summed E-state index contributed by atoms with van der Waals surface area (Å²) in [5.41, 5.74) is 4.89. The van der Waals surface area contributed by atoms with Crippen LogP contribution in [0.2, 0.25) is 0 Å². The largest absolute Gasteiger partial charge is 0.361 e. The minimum absolute atomic E-state index is 0.00369. The van der Waals surface area contributed by atoms with Crippen molar-refractivity contribution in [1.82, 2.24) is 9.88 Å². The van der Waals surface area contributed by atoms with Gasteiger partial charge in [-0.2, -0.15) is 0 Å². The molecule has 1 aliphatic rings. The average molecular weight is 376 g/mol. The first-order chi connectivity index (χ1) is 13.6. The molecule has 2 N–H and O–H groups in total. The Morgan fingerprint density at radius 3 is 2.71 bits per heavy atom. The summed E-state index contributed by atoms with van der Waals surface area (Å²) in [5, 5.41) is 4.31. The predicted octanol–water partition coefficient (Wildman–Crippen LogP) is 5.14. The molecule has 0 aliphatic carbocycles. The zero-order valence-electron chi connectivity index (χ0n) is 16.7. The molecule has 0 unspecified atom stereocenters. The van der Waals surface area contributed by atoms with Crippen LogP contribution in [-0.2, 0) is 11.3 Å². The first-order valence-corrected chi connectivity index (χ1v) is 10.3. The number of benzene rings is 2. The SMILES string of the molecule is CC(C)C(=O)Nc1cccc(C2CCN(Cc3cccc4cc[nH]c34)CC2)c1. The van der Waals surface area contributed by atoms with E-state index in [1.807, 2.05) is 26.1 Å². The van der Waals surface area contributed by atoms with Crippen molar-refractivity contribution in [3.05, 3.63) is 65.9 Å². The monoisotopic (exact) mass is 375 g/mol. The van der Waals surface area contributed by atoms with E-state index >= 15 is 0 Å². The molecular weight excluding hydrogens is 346 g/mol. The van der Waals surface area contributed by atoms with Crippen molar-refractivity contribution >= 4 is 22.5 Å². The molecule has 28 heavy (non-hydrogen) atoms. The number of amides is 1. The Balaban J connectivity index is 1.38. The number of fused-ring (bicyclic) bond motifs is 1. The number of carbonyl (C=O) groups excluding carboxylic acids is 1. The molecule has 4 heteroatoms. The average Bonchev–Trinajstić information content (AvgIpc) is 3.19. The summed E-state index contributed by atoms with van der Waals surface area (Å²) in [5.74, 6) is 0.634. The molecule has 146 valence electrons. The summed E-state index contributed by atoms with van der Waals surface area (Å²) in [7, 11) is 0. The van der Waals surface area contributed by atoms with Crippen molar-refractivity contribution in [2.45, 2.75) is 39.2 Å². The number of hydrogen-bond donors (Lipinski definition) is 2. The number of nitrogens with zero attached hydrogens (tertiary/aromatic N) is 1. The van der Waals surface area contributed by atoms with E-state index in [4.69, 9.17) is 0 Å². The summed E-state index contributed by atoms with van der Waals surface area (Å²) in [6.45, 7) is 7.04. The maximum atomic E-state index is 12.0. The van der Waals surface area contributed by atoms with E-state index in [9.17, 15) is 4.79 Å². The van der Waals surface area contributed by atoms with Crippen molar-refractivity contribution in [2.75, 3.05) is 18.4 Å². The number of carbonyl (C=O) groups is 1. The zero-order valence-corrected chi connectivity index (χ0v) is 16.7. The van der Waals surface area contributed by atoms with Crippen LogP contribution in [0.4, 0.5) is 5.69 Å². The Kier molecular flexibility index (Phi) is 5.49. The number of rotatable bonds is 5. The van der Waals surface area contributed by atoms with Gasteiger partial charge in [-0.1, -0.05) is 44.2 Å². The van der Waals surface area contributed by atoms with Crippen LogP contribution >= 0.6 is 0 Å². The standard InChI is InChI=1S/C24H29N3O/c1-17(2)24(28)26-22-8-4-6-20(15-22)18-10-13-27(14-11-18)16-21-7-3-5-19-9-12-25-23(19)21/h3-9,12,15,17-18,25H,10-11,13-14,16H2,1-2H3,(H,26,28). The van der Waals surface area contributed by atoms with Gasteiger partial charge < -0.3 is 10.3 Å². The number of para-hydroxylation sites is 1. The van der Waals surface area contributed by atoms with E-state index in [1.54, 1.807) is 0 Å². The summed E-state index contributed by atoms with van der Waals surface area (Å²) in [6, 6.07) is 17.1. The van der Waals surface area contributed by atoms with E-state index in [0.29, 0.717) is 5.92 Å². The lowest BCUT2D eigenvalue weighted by molar-refractivity contribution is -0.118. The van der Waals surface area contributed by atoms with Crippen molar-refractivity contribution in [1.29, 1.82) is 0 Å². The van der Waals surface area contributed by atoms with Crippen molar-refractivity contribution in [3.63, 3.8) is 0 Å². The van der Waals surface area contributed by atoms with Gasteiger partial charge in [0.1, 0.15) is 0 Å². The number of H-pyrrole nitrogens is 1. The van der Waals surface area contributed by atoms with Gasteiger partial charge >= 0.3 is 0 Å². The van der Waals surface area contributed by atoms with E-state index in [1.165, 1.54) is 22.0 Å². The van der Waals surface area contributed by atoms with Gasteiger partial charge in [0.2, 0.25) is 5.91 Å². The van der Waals surface area contributed by atoms with Gasteiger partial charge in [0.05, 0.1) is 0 Å². The van der Waals surface area contributed by atoms with E-state index in [2.05, 4.69) is 57.7 Å². The molecular formula is C24H29N3O. The Morgan fingerprint density at radius 1 is 1.14 bits per heavy atom. The number of piperidine rings is 1. The number of aromatic amines is 1. The van der Waals surface area contributed by atoms with Gasteiger partial charge in [-0.05, 0) is 66.6 Å². The predicted molar refractivity (Wildman–Crippen MR) is 115 cm³/mol. The number of aromatic nitrogens is 1. The van der Waals surface area contributed by atoms with Crippen LogP contribution in [-0.4, -0.2) is 28.9 Å². The molecule has 2 aromatic carbocycles. The number of hydrogen-bond acceptors (Lipinski definition) is 2. The van der Waals surface area contributed by atoms with Gasteiger partial charge in [-0.3, -0.25) is 9.69 Å². The quantitative estimate of drug-likeness (QED) is 0.648. The fourth-order valence-electron chi connectivity index (χ4n) is 4.10. The fourth-order valence-corrected chi connectivity index (χ4v) is 4.10. The minimum Gasteiger partial charge on any atom is -0.361 e. The second-order valence-electron chi connectivity index (χ2n) is 8.18. The Labute approximate surface area is 166 Å². The third kappa shape index (κ3) is 4.12. The summed E-state index contributed by atoms with van der Waals surface area (Å²) in [6.07, 6.45) is 4.33. The summed E-state index contributed by atoms with van der Waals surface area (Å²) in [4.78, 5) is 17.9. The lowest BCUT2D eigenvalue weighted by Gasteiger charge is -2.32. The third-order valence-electron chi connectivity index (χ3n) is 5.81. The smallest absolute Gasteiger partial charge is 0.226 e. The second-order valence-corrected chi connectivity index (χ2v) is 8.18. The summed E-state index contributed by atoms with van der Waals surface area (Å²) >= 11 is 0. The highest BCUT2D eigenvalue weighted by molar-refractivity contribution is 5.92. The van der Waals surface area contributed by atoms with Gasteiger partial charge in [0.15, 0.2) is 0 Å².